The second kappa shape index (κ2) is 4.33. The van der Waals surface area contributed by atoms with Crippen LogP contribution in [0.15, 0.2) is 30.3 Å². The predicted molar refractivity (Wildman–Crippen MR) is 78.6 cm³/mol. The first kappa shape index (κ1) is 13.3. The third-order valence-electron chi connectivity index (χ3n) is 6.06. The number of rotatable bonds is 3. The Hall–Kier alpha value is -1.35. The second-order valence-electron chi connectivity index (χ2n) is 7.36. The molecule has 1 aromatic carbocycles. The minimum atomic E-state index is -0.827. The second-order valence-corrected chi connectivity index (χ2v) is 7.36. The number of carbonyl (C=O) groups excluding carboxylic acids is 1. The van der Waals surface area contributed by atoms with Crippen LogP contribution in [0.2, 0.25) is 0 Å². The molecule has 4 aliphatic rings. The highest BCUT2D eigenvalue weighted by Crippen LogP contribution is 2.60. The van der Waals surface area contributed by atoms with Crippen molar-refractivity contribution in [2.24, 2.45) is 17.3 Å². The minimum absolute atomic E-state index is 0.0716. The van der Waals surface area contributed by atoms with Crippen LogP contribution < -0.4 is 0 Å². The Morgan fingerprint density at radius 2 is 1.95 bits per heavy atom. The van der Waals surface area contributed by atoms with Crippen LogP contribution in [0.5, 0.6) is 0 Å². The predicted octanol–water partition coefficient (Wildman–Crippen LogP) is 3.28. The van der Waals surface area contributed by atoms with Gasteiger partial charge in [0.25, 0.3) is 0 Å². The molecule has 3 nitrogen and oxygen atoms in total. The molecule has 3 aliphatic carbocycles. The van der Waals surface area contributed by atoms with Crippen molar-refractivity contribution in [3.63, 3.8) is 0 Å². The molecule has 3 heteroatoms. The summed E-state index contributed by atoms with van der Waals surface area (Å²) in [6, 6.07) is 9.71. The van der Waals surface area contributed by atoms with Gasteiger partial charge in [0.1, 0.15) is 6.10 Å². The maximum absolute atomic E-state index is 12.6. The Balaban J connectivity index is 1.49. The van der Waals surface area contributed by atoms with E-state index in [1.54, 1.807) is 0 Å². The molecule has 0 aromatic heterocycles. The number of carbonyl (C=O) groups is 1. The van der Waals surface area contributed by atoms with E-state index in [4.69, 9.17) is 9.47 Å². The van der Waals surface area contributed by atoms with Crippen LogP contribution in [0.3, 0.4) is 0 Å². The van der Waals surface area contributed by atoms with Gasteiger partial charge in [-0.25, -0.2) is 4.79 Å². The van der Waals surface area contributed by atoms with Gasteiger partial charge in [-0.2, -0.15) is 0 Å². The van der Waals surface area contributed by atoms with Gasteiger partial charge >= 0.3 is 5.97 Å². The highest BCUT2D eigenvalue weighted by atomic mass is 16.6. The summed E-state index contributed by atoms with van der Waals surface area (Å²) < 4.78 is 11.4. The minimum Gasteiger partial charge on any atom is -0.460 e. The molecule has 0 spiro atoms. The lowest BCUT2D eigenvalue weighted by Gasteiger charge is -2.59. The first-order valence-electron chi connectivity index (χ1n) is 7.94. The van der Waals surface area contributed by atoms with Gasteiger partial charge in [-0.3, -0.25) is 0 Å². The molecule has 1 heterocycles. The first-order chi connectivity index (χ1) is 10.0. The van der Waals surface area contributed by atoms with Crippen LogP contribution in [0.4, 0.5) is 0 Å². The summed E-state index contributed by atoms with van der Waals surface area (Å²) in [4.78, 5) is 12.6. The normalized spacial score (nSPS) is 39.2. The maximum Gasteiger partial charge on any atom is 0.345 e. The molecule has 1 unspecified atom stereocenters. The fourth-order valence-electron chi connectivity index (χ4n) is 4.30. The number of hydrogen-bond donors (Lipinski definition) is 0. The van der Waals surface area contributed by atoms with Crippen molar-refractivity contribution in [3.05, 3.63) is 35.9 Å². The lowest BCUT2D eigenvalue weighted by Crippen LogP contribution is -2.56. The van der Waals surface area contributed by atoms with Crippen molar-refractivity contribution >= 4 is 5.97 Å². The van der Waals surface area contributed by atoms with Crippen LogP contribution in [-0.2, 0) is 19.9 Å². The number of ether oxygens (including phenoxy) is 2. The van der Waals surface area contributed by atoms with E-state index >= 15 is 0 Å². The van der Waals surface area contributed by atoms with E-state index in [-0.39, 0.29) is 12.1 Å². The highest BCUT2D eigenvalue weighted by Gasteiger charge is 2.59. The summed E-state index contributed by atoms with van der Waals surface area (Å²) in [5.41, 5.74) is 0.413. The van der Waals surface area contributed by atoms with Crippen molar-refractivity contribution in [1.82, 2.24) is 0 Å². The molecule has 21 heavy (non-hydrogen) atoms. The van der Waals surface area contributed by atoms with Crippen molar-refractivity contribution in [1.29, 1.82) is 0 Å². The van der Waals surface area contributed by atoms with Gasteiger partial charge in [0.2, 0.25) is 5.60 Å². The Labute approximate surface area is 125 Å². The van der Waals surface area contributed by atoms with Gasteiger partial charge in [0.15, 0.2) is 0 Å². The molecule has 0 N–H and O–H groups in total. The zero-order chi connectivity index (χ0) is 14.7. The van der Waals surface area contributed by atoms with Crippen LogP contribution in [0, 0.1) is 17.3 Å². The molecule has 0 amide bonds. The van der Waals surface area contributed by atoms with Crippen LogP contribution in [0.1, 0.15) is 38.7 Å². The van der Waals surface area contributed by atoms with Gasteiger partial charge in [-0.05, 0) is 36.2 Å². The number of esters is 1. The molecular formula is C18H22O3. The van der Waals surface area contributed by atoms with E-state index in [9.17, 15) is 4.79 Å². The topological polar surface area (TPSA) is 38.8 Å². The smallest absolute Gasteiger partial charge is 0.345 e. The highest BCUT2D eigenvalue weighted by molar-refractivity contribution is 5.84. The van der Waals surface area contributed by atoms with Crippen LogP contribution in [0.25, 0.3) is 0 Å². The molecule has 4 fully saturated rings. The Morgan fingerprint density at radius 1 is 1.24 bits per heavy atom. The summed E-state index contributed by atoms with van der Waals surface area (Å²) in [6.45, 7) is 5.07. The van der Waals surface area contributed by atoms with Crippen molar-refractivity contribution in [2.75, 3.05) is 6.61 Å². The van der Waals surface area contributed by atoms with Gasteiger partial charge in [-0.1, -0.05) is 44.2 Å². The molecule has 2 bridgehead atoms. The van der Waals surface area contributed by atoms with Crippen LogP contribution in [-0.4, -0.2) is 18.7 Å². The van der Waals surface area contributed by atoms with E-state index in [0.29, 0.717) is 17.9 Å². The molecule has 1 aliphatic heterocycles. The molecule has 1 aromatic rings. The summed E-state index contributed by atoms with van der Waals surface area (Å²) in [7, 11) is 0. The Morgan fingerprint density at radius 3 is 2.52 bits per heavy atom. The molecule has 1 saturated heterocycles. The van der Waals surface area contributed by atoms with Crippen molar-refractivity contribution in [3.8, 4) is 0 Å². The molecule has 3 saturated carbocycles. The lowest BCUT2D eigenvalue weighted by atomic mass is 9.48. The largest absolute Gasteiger partial charge is 0.460 e. The number of fused-ring (bicyclic) bond motifs is 2. The Kier molecular flexibility index (Phi) is 2.74. The summed E-state index contributed by atoms with van der Waals surface area (Å²) in [6.07, 6.45) is 3.47. The SMILES string of the molecule is CC1(C)[C@H]2CC[C@H](OC(=O)C3(c4ccccc4)CO3)[C@@H]1C2. The average Bonchev–Trinajstić information content (AvgIpc) is 3.30. The number of benzene rings is 1. The van der Waals surface area contributed by atoms with Crippen LogP contribution >= 0.6 is 0 Å². The summed E-state index contributed by atoms with van der Waals surface area (Å²) in [5.74, 6) is 1.14. The van der Waals surface area contributed by atoms with Crippen molar-refractivity contribution < 1.29 is 14.3 Å². The quantitative estimate of drug-likeness (QED) is 0.632. The average molecular weight is 286 g/mol. The van der Waals surface area contributed by atoms with E-state index in [2.05, 4.69) is 13.8 Å². The molecule has 5 rings (SSSR count). The first-order valence-corrected chi connectivity index (χ1v) is 7.94. The molecule has 112 valence electrons. The van der Waals surface area contributed by atoms with Gasteiger partial charge in [0, 0.05) is 5.92 Å². The fourth-order valence-corrected chi connectivity index (χ4v) is 4.30. The van der Waals surface area contributed by atoms with Gasteiger partial charge in [-0.15, -0.1) is 0 Å². The molecular weight excluding hydrogens is 264 g/mol. The number of epoxide rings is 1. The lowest BCUT2D eigenvalue weighted by molar-refractivity contribution is -0.187. The third-order valence-corrected chi connectivity index (χ3v) is 6.06. The van der Waals surface area contributed by atoms with Gasteiger partial charge in [0.05, 0.1) is 6.61 Å². The number of hydrogen-bond acceptors (Lipinski definition) is 3. The zero-order valence-electron chi connectivity index (χ0n) is 12.7. The standard InChI is InChI=1S/C18H22O3/c1-17(2)13-8-9-15(14(17)10-13)21-16(19)18(11-20-18)12-6-4-3-5-7-12/h3-7,13-15H,8-11H2,1-2H3/t13-,14-,15-,18?/m0/s1. The molecule has 4 atom stereocenters. The van der Waals surface area contributed by atoms with E-state index in [1.165, 1.54) is 12.8 Å². The monoisotopic (exact) mass is 286 g/mol. The molecule has 0 radical (unpaired) electrons. The van der Waals surface area contributed by atoms with E-state index in [1.807, 2.05) is 30.3 Å². The maximum atomic E-state index is 12.6. The zero-order valence-corrected chi connectivity index (χ0v) is 12.7. The summed E-state index contributed by atoms with van der Waals surface area (Å²) >= 11 is 0. The Bertz CT molecular complexity index is 557. The fraction of sp³-hybridized carbons (Fsp3) is 0.611. The summed E-state index contributed by atoms with van der Waals surface area (Å²) in [5, 5.41) is 0. The van der Waals surface area contributed by atoms with E-state index in [0.717, 1.165) is 17.9 Å². The van der Waals surface area contributed by atoms with Crippen molar-refractivity contribution in [2.45, 2.75) is 44.8 Å². The van der Waals surface area contributed by atoms with E-state index < -0.39 is 5.60 Å². The third kappa shape index (κ3) is 1.87. The van der Waals surface area contributed by atoms with Gasteiger partial charge < -0.3 is 9.47 Å².